The van der Waals surface area contributed by atoms with E-state index in [1.54, 1.807) is 14.2 Å². The minimum Gasteiger partial charge on any atom is -0.493 e. The minimum absolute atomic E-state index is 0.0717. The second-order valence-corrected chi connectivity index (χ2v) is 5.97. The van der Waals surface area contributed by atoms with Crippen LogP contribution in [0.5, 0.6) is 11.5 Å². The van der Waals surface area contributed by atoms with Crippen molar-refractivity contribution >= 4 is 33.1 Å². The van der Waals surface area contributed by atoms with E-state index in [9.17, 15) is 4.79 Å². The summed E-state index contributed by atoms with van der Waals surface area (Å²) < 4.78 is 11.1. The Bertz CT molecular complexity index is 1010. The van der Waals surface area contributed by atoms with E-state index in [-0.39, 0.29) is 5.91 Å². The molecule has 0 spiro atoms. The van der Waals surface area contributed by atoms with Crippen LogP contribution in [0.15, 0.2) is 30.3 Å². The lowest BCUT2D eigenvalue weighted by Crippen LogP contribution is -2.26. The predicted molar refractivity (Wildman–Crippen MR) is 96.6 cm³/mol. The summed E-state index contributed by atoms with van der Waals surface area (Å²) in [5.74, 6) is 1.48. The minimum atomic E-state index is 0.0717. The molecule has 0 N–H and O–H groups in total. The van der Waals surface area contributed by atoms with E-state index >= 15 is 0 Å². The lowest BCUT2D eigenvalue weighted by atomic mass is 9.94. The largest absolute Gasteiger partial charge is 0.493 e. The van der Waals surface area contributed by atoms with Crippen LogP contribution >= 0.6 is 0 Å². The van der Waals surface area contributed by atoms with Crippen molar-refractivity contribution in [3.8, 4) is 11.5 Å². The van der Waals surface area contributed by atoms with Gasteiger partial charge in [0.05, 0.1) is 19.9 Å². The molecule has 0 saturated heterocycles. The smallest absolute Gasteiger partial charge is 0.258 e. The molecule has 0 atom stereocenters. The molecule has 122 valence electrons. The summed E-state index contributed by atoms with van der Waals surface area (Å²) in [6, 6.07) is 9.86. The van der Waals surface area contributed by atoms with Crippen molar-refractivity contribution < 1.29 is 14.3 Å². The predicted octanol–water partition coefficient (Wildman–Crippen LogP) is 4.30. The quantitative estimate of drug-likeness (QED) is 0.675. The maximum atomic E-state index is 12.8. The van der Waals surface area contributed by atoms with Gasteiger partial charge in [-0.15, -0.1) is 0 Å². The third kappa shape index (κ3) is 1.65. The third-order valence-corrected chi connectivity index (χ3v) is 4.94. The van der Waals surface area contributed by atoms with Crippen LogP contribution in [0.2, 0.25) is 0 Å². The number of aryl methyl sites for hydroxylation is 1. The molecular weight excluding hydrogens is 302 g/mol. The van der Waals surface area contributed by atoms with Gasteiger partial charge in [0.25, 0.3) is 5.91 Å². The molecule has 3 aromatic carbocycles. The van der Waals surface area contributed by atoms with E-state index < -0.39 is 0 Å². The molecule has 3 aromatic rings. The Labute approximate surface area is 140 Å². The number of hydrogen-bond donors (Lipinski definition) is 0. The number of benzene rings is 3. The fourth-order valence-corrected chi connectivity index (χ4v) is 3.90. The summed E-state index contributed by atoms with van der Waals surface area (Å²) in [5, 5.41) is 4.13. The number of ether oxygens (including phenoxy) is 2. The Morgan fingerprint density at radius 1 is 1.00 bits per heavy atom. The van der Waals surface area contributed by atoms with Crippen LogP contribution in [0.4, 0.5) is 5.69 Å². The van der Waals surface area contributed by atoms with Gasteiger partial charge >= 0.3 is 0 Å². The van der Waals surface area contributed by atoms with Crippen LogP contribution in [-0.2, 0) is 0 Å². The molecule has 0 aromatic heterocycles. The van der Waals surface area contributed by atoms with Crippen molar-refractivity contribution in [1.82, 2.24) is 0 Å². The number of nitrogens with zero attached hydrogens (tertiary/aromatic N) is 1. The van der Waals surface area contributed by atoms with Gasteiger partial charge in [-0.25, -0.2) is 0 Å². The van der Waals surface area contributed by atoms with E-state index in [2.05, 4.69) is 13.0 Å². The van der Waals surface area contributed by atoms with E-state index in [0.717, 1.165) is 38.4 Å². The summed E-state index contributed by atoms with van der Waals surface area (Å²) in [7, 11) is 3.29. The maximum absolute atomic E-state index is 12.8. The molecule has 1 heterocycles. The highest BCUT2D eigenvalue weighted by Gasteiger charge is 2.32. The topological polar surface area (TPSA) is 38.8 Å². The van der Waals surface area contributed by atoms with Crippen LogP contribution < -0.4 is 14.4 Å². The number of hydrogen-bond acceptors (Lipinski definition) is 3. The zero-order valence-corrected chi connectivity index (χ0v) is 14.3. The standard InChI is InChI=1S/C20H19NO3/c1-5-21-18-11(2)12-9-10-15(23-3)19(24-4)17(12)13-7-6-8-14(16(13)18)20(21)22/h6-10H,5H2,1-4H3. The van der Waals surface area contributed by atoms with Gasteiger partial charge in [0.1, 0.15) is 0 Å². The van der Waals surface area contributed by atoms with Crippen molar-refractivity contribution in [2.75, 3.05) is 25.7 Å². The van der Waals surface area contributed by atoms with Gasteiger partial charge in [0.2, 0.25) is 0 Å². The summed E-state index contributed by atoms with van der Waals surface area (Å²) in [5.41, 5.74) is 2.88. The van der Waals surface area contributed by atoms with Gasteiger partial charge < -0.3 is 14.4 Å². The second kappa shape index (κ2) is 5.13. The first-order valence-corrected chi connectivity index (χ1v) is 8.05. The van der Waals surface area contributed by atoms with Gasteiger partial charge in [-0.2, -0.15) is 0 Å². The van der Waals surface area contributed by atoms with E-state index in [4.69, 9.17) is 9.47 Å². The van der Waals surface area contributed by atoms with Gasteiger partial charge in [-0.05, 0) is 42.3 Å². The Balaban J connectivity index is 2.29. The Morgan fingerprint density at radius 3 is 2.46 bits per heavy atom. The van der Waals surface area contributed by atoms with Crippen LogP contribution in [0.1, 0.15) is 22.8 Å². The summed E-state index contributed by atoms with van der Waals surface area (Å²) in [6.45, 7) is 4.73. The van der Waals surface area contributed by atoms with E-state index in [0.29, 0.717) is 18.0 Å². The molecule has 4 heteroatoms. The molecular formula is C20H19NO3. The Kier molecular flexibility index (Phi) is 3.17. The monoisotopic (exact) mass is 321 g/mol. The molecule has 1 aliphatic heterocycles. The highest BCUT2D eigenvalue weighted by atomic mass is 16.5. The number of carbonyl (C=O) groups is 1. The molecule has 0 bridgehead atoms. The number of anilines is 1. The molecule has 0 fully saturated rings. The van der Waals surface area contributed by atoms with Crippen molar-refractivity contribution in [3.05, 3.63) is 41.5 Å². The lowest BCUT2D eigenvalue weighted by Gasteiger charge is -2.20. The van der Waals surface area contributed by atoms with Crippen LogP contribution in [-0.4, -0.2) is 26.7 Å². The van der Waals surface area contributed by atoms with Crippen molar-refractivity contribution in [2.24, 2.45) is 0 Å². The first-order chi connectivity index (χ1) is 11.6. The van der Waals surface area contributed by atoms with Gasteiger partial charge in [-0.3, -0.25) is 4.79 Å². The SMILES string of the molecule is CCN1C(=O)c2cccc3c2c1c(C)c1ccc(OC)c(OC)c13. The number of methoxy groups -OCH3 is 2. The highest BCUT2D eigenvalue weighted by Crippen LogP contribution is 2.48. The first kappa shape index (κ1) is 14.8. The second-order valence-electron chi connectivity index (χ2n) is 5.97. The molecule has 4 nitrogen and oxygen atoms in total. The third-order valence-electron chi connectivity index (χ3n) is 4.94. The molecule has 0 aliphatic carbocycles. The van der Waals surface area contributed by atoms with Crippen LogP contribution in [0, 0.1) is 6.92 Å². The fourth-order valence-electron chi connectivity index (χ4n) is 3.90. The number of rotatable bonds is 3. The van der Waals surface area contributed by atoms with Gasteiger partial charge in [0.15, 0.2) is 11.5 Å². The number of amides is 1. The first-order valence-electron chi connectivity index (χ1n) is 8.05. The molecule has 1 amide bonds. The van der Waals surface area contributed by atoms with Gasteiger partial charge in [-0.1, -0.05) is 18.2 Å². The zero-order valence-electron chi connectivity index (χ0n) is 14.3. The van der Waals surface area contributed by atoms with E-state index in [1.807, 2.05) is 36.1 Å². The van der Waals surface area contributed by atoms with Crippen molar-refractivity contribution in [1.29, 1.82) is 0 Å². The molecule has 24 heavy (non-hydrogen) atoms. The Morgan fingerprint density at radius 2 is 1.79 bits per heavy atom. The molecule has 0 unspecified atom stereocenters. The lowest BCUT2D eigenvalue weighted by molar-refractivity contribution is 0.0994. The number of carbonyl (C=O) groups excluding carboxylic acids is 1. The van der Waals surface area contributed by atoms with Crippen LogP contribution in [0.25, 0.3) is 21.5 Å². The average Bonchev–Trinajstić information content (AvgIpc) is 2.91. The highest BCUT2D eigenvalue weighted by molar-refractivity contribution is 6.31. The summed E-state index contributed by atoms with van der Waals surface area (Å²) in [4.78, 5) is 14.7. The fraction of sp³-hybridized carbons (Fsp3) is 0.250. The van der Waals surface area contributed by atoms with Gasteiger partial charge in [0, 0.05) is 22.9 Å². The summed E-state index contributed by atoms with van der Waals surface area (Å²) >= 11 is 0. The van der Waals surface area contributed by atoms with Crippen molar-refractivity contribution in [2.45, 2.75) is 13.8 Å². The average molecular weight is 321 g/mol. The Hall–Kier alpha value is -2.75. The molecule has 1 aliphatic rings. The molecule has 0 saturated carbocycles. The molecule has 4 rings (SSSR count). The maximum Gasteiger partial charge on any atom is 0.258 e. The van der Waals surface area contributed by atoms with Crippen LogP contribution in [0.3, 0.4) is 0 Å². The number of fused-ring (bicyclic) bond motifs is 2. The molecule has 0 radical (unpaired) electrons. The van der Waals surface area contributed by atoms with E-state index in [1.165, 1.54) is 0 Å². The zero-order chi connectivity index (χ0) is 17.0. The normalized spacial score (nSPS) is 13.2. The van der Waals surface area contributed by atoms with Crippen molar-refractivity contribution in [3.63, 3.8) is 0 Å². The summed E-state index contributed by atoms with van der Waals surface area (Å²) in [6.07, 6.45) is 0.